The number of hydrogen-bond donors (Lipinski definition) is 1. The summed E-state index contributed by atoms with van der Waals surface area (Å²) in [5.74, 6) is -0.00373. The van der Waals surface area contributed by atoms with Crippen molar-refractivity contribution in [3.8, 4) is 5.75 Å². The van der Waals surface area contributed by atoms with Gasteiger partial charge in [0.05, 0.1) is 16.4 Å². The third-order valence-corrected chi connectivity index (χ3v) is 4.90. The van der Waals surface area contributed by atoms with E-state index < -0.39 is 5.97 Å². The average Bonchev–Trinajstić information content (AvgIpc) is 3.29. The van der Waals surface area contributed by atoms with Gasteiger partial charge in [-0.05, 0) is 70.0 Å². The molecule has 0 saturated heterocycles. The van der Waals surface area contributed by atoms with Crippen molar-refractivity contribution in [2.75, 3.05) is 5.43 Å². The lowest BCUT2D eigenvalue weighted by atomic mass is 10.2. The van der Waals surface area contributed by atoms with E-state index in [1.807, 2.05) is 24.3 Å². The maximum absolute atomic E-state index is 11.9. The maximum Gasteiger partial charge on any atom is 0.379 e. The molecule has 4 aromatic rings. The summed E-state index contributed by atoms with van der Waals surface area (Å²) in [6.45, 7) is 0. The van der Waals surface area contributed by atoms with Crippen molar-refractivity contribution in [1.29, 1.82) is 0 Å². The Bertz CT molecular complexity index is 1090. The molecule has 134 valence electrons. The van der Waals surface area contributed by atoms with Gasteiger partial charge in [-0.3, -0.25) is 5.43 Å². The second-order valence-electron chi connectivity index (χ2n) is 5.42. The zero-order valence-electron chi connectivity index (χ0n) is 13.8. The van der Waals surface area contributed by atoms with Crippen LogP contribution >= 0.6 is 27.3 Å². The lowest BCUT2D eigenvalue weighted by molar-refractivity contribution is 0.0700. The quantitative estimate of drug-likeness (QED) is 0.196. The van der Waals surface area contributed by atoms with Gasteiger partial charge >= 0.3 is 5.97 Å². The summed E-state index contributed by atoms with van der Waals surface area (Å²) in [5.41, 5.74) is 4.72. The molecule has 0 aliphatic carbocycles. The van der Waals surface area contributed by atoms with Gasteiger partial charge in [-0.1, -0.05) is 23.5 Å². The van der Waals surface area contributed by atoms with Crippen LogP contribution in [0.5, 0.6) is 5.75 Å². The van der Waals surface area contributed by atoms with Gasteiger partial charge in [0.15, 0.2) is 4.67 Å². The molecule has 0 atom stereocenters. The zero-order chi connectivity index (χ0) is 18.6. The SMILES string of the molecule is O=C(Oc1ccc(C=NNc2nc3ccccc3s2)cc1)c1ccc(Br)o1. The van der Waals surface area contributed by atoms with Gasteiger partial charge in [0.1, 0.15) is 5.75 Å². The lowest BCUT2D eigenvalue weighted by Gasteiger charge is -2.02. The van der Waals surface area contributed by atoms with Gasteiger partial charge < -0.3 is 9.15 Å². The summed E-state index contributed by atoms with van der Waals surface area (Å²) < 4.78 is 12.0. The zero-order valence-corrected chi connectivity index (χ0v) is 16.2. The molecule has 0 spiro atoms. The van der Waals surface area contributed by atoms with E-state index in [4.69, 9.17) is 9.15 Å². The third kappa shape index (κ3) is 4.24. The fraction of sp³-hybridized carbons (Fsp3) is 0. The summed E-state index contributed by atoms with van der Waals surface area (Å²) in [5, 5.41) is 4.92. The van der Waals surface area contributed by atoms with Crippen molar-refractivity contribution in [2.24, 2.45) is 5.10 Å². The van der Waals surface area contributed by atoms with Crippen molar-refractivity contribution < 1.29 is 13.9 Å². The maximum atomic E-state index is 11.9. The molecule has 0 aliphatic rings. The first-order chi connectivity index (χ1) is 13.2. The minimum atomic E-state index is -0.556. The van der Waals surface area contributed by atoms with Gasteiger partial charge in [-0.25, -0.2) is 9.78 Å². The summed E-state index contributed by atoms with van der Waals surface area (Å²) >= 11 is 4.68. The molecule has 0 radical (unpaired) electrons. The number of carbonyl (C=O) groups excluding carboxylic acids is 1. The molecule has 2 heterocycles. The summed E-state index contributed by atoms with van der Waals surface area (Å²) in [4.78, 5) is 16.4. The highest BCUT2D eigenvalue weighted by Gasteiger charge is 2.12. The Hall–Kier alpha value is -2.97. The molecule has 4 rings (SSSR count). The number of carbonyl (C=O) groups is 1. The highest BCUT2D eigenvalue weighted by atomic mass is 79.9. The minimum absolute atomic E-state index is 0.132. The van der Waals surface area contributed by atoms with Crippen molar-refractivity contribution in [3.05, 3.63) is 76.7 Å². The number of anilines is 1. The van der Waals surface area contributed by atoms with Gasteiger partial charge in [0.25, 0.3) is 0 Å². The smallest absolute Gasteiger partial charge is 0.379 e. The molecule has 2 aromatic carbocycles. The van der Waals surface area contributed by atoms with E-state index in [1.165, 1.54) is 11.3 Å². The molecule has 8 heteroatoms. The Morgan fingerprint density at radius 3 is 2.70 bits per heavy atom. The number of fused-ring (bicyclic) bond motifs is 1. The van der Waals surface area contributed by atoms with E-state index in [2.05, 4.69) is 31.4 Å². The highest BCUT2D eigenvalue weighted by molar-refractivity contribution is 9.10. The first-order valence-corrected chi connectivity index (χ1v) is 9.50. The highest BCUT2D eigenvalue weighted by Crippen LogP contribution is 2.25. The van der Waals surface area contributed by atoms with Gasteiger partial charge in [0, 0.05) is 0 Å². The van der Waals surface area contributed by atoms with Crippen molar-refractivity contribution in [3.63, 3.8) is 0 Å². The van der Waals surface area contributed by atoms with Crippen LogP contribution in [-0.4, -0.2) is 17.2 Å². The Balaban J connectivity index is 1.37. The number of nitrogens with one attached hydrogen (secondary N) is 1. The number of nitrogens with zero attached hydrogens (tertiary/aromatic N) is 2. The minimum Gasteiger partial charge on any atom is -0.442 e. The number of halogens is 1. The number of furan rings is 1. The van der Waals surface area contributed by atoms with Crippen molar-refractivity contribution in [1.82, 2.24) is 4.98 Å². The Morgan fingerprint density at radius 2 is 1.96 bits per heavy atom. The largest absolute Gasteiger partial charge is 0.442 e. The van der Waals surface area contributed by atoms with Gasteiger partial charge in [-0.15, -0.1) is 0 Å². The van der Waals surface area contributed by atoms with E-state index in [-0.39, 0.29) is 5.76 Å². The number of ether oxygens (including phenoxy) is 1. The fourth-order valence-corrected chi connectivity index (χ4v) is 3.41. The number of thiazole rings is 1. The van der Waals surface area contributed by atoms with E-state index in [0.717, 1.165) is 20.9 Å². The molecule has 27 heavy (non-hydrogen) atoms. The Labute approximate surface area is 166 Å². The molecule has 0 unspecified atom stereocenters. The van der Waals surface area contributed by atoms with Gasteiger partial charge in [-0.2, -0.15) is 5.10 Å². The second kappa shape index (κ2) is 7.73. The third-order valence-electron chi connectivity index (χ3n) is 3.53. The number of benzene rings is 2. The lowest BCUT2D eigenvalue weighted by Crippen LogP contribution is -2.07. The van der Waals surface area contributed by atoms with E-state index in [0.29, 0.717) is 10.4 Å². The standard InChI is InChI=1S/C19H12BrN3O3S/c20-17-10-9-15(26-17)18(24)25-13-7-5-12(6-8-13)11-21-23-19-22-14-3-1-2-4-16(14)27-19/h1-11H,(H,22,23). The number of hydrazone groups is 1. The van der Waals surface area contributed by atoms with Crippen LogP contribution in [-0.2, 0) is 0 Å². The molecule has 0 bridgehead atoms. The van der Waals surface area contributed by atoms with Crippen molar-refractivity contribution >= 4 is 54.8 Å². The molecule has 0 aliphatic heterocycles. The number of aromatic nitrogens is 1. The molecule has 2 aromatic heterocycles. The van der Waals surface area contributed by atoms with Crippen LogP contribution in [0.25, 0.3) is 10.2 Å². The number of rotatable bonds is 5. The summed E-state index contributed by atoms with van der Waals surface area (Å²) in [7, 11) is 0. The molecular formula is C19H12BrN3O3S. The van der Waals surface area contributed by atoms with Crippen molar-refractivity contribution in [2.45, 2.75) is 0 Å². The van der Waals surface area contributed by atoms with Crippen LogP contribution in [0.3, 0.4) is 0 Å². The number of para-hydroxylation sites is 1. The average molecular weight is 442 g/mol. The molecular weight excluding hydrogens is 430 g/mol. The molecule has 0 amide bonds. The van der Waals surface area contributed by atoms with Crippen LogP contribution < -0.4 is 10.2 Å². The van der Waals surface area contributed by atoms with Gasteiger partial charge in [0.2, 0.25) is 10.9 Å². The topological polar surface area (TPSA) is 76.7 Å². The molecule has 1 N–H and O–H groups in total. The number of esters is 1. The van der Waals surface area contributed by atoms with E-state index in [1.54, 1.807) is 42.6 Å². The van der Waals surface area contributed by atoms with E-state index >= 15 is 0 Å². The van der Waals surface area contributed by atoms with Crippen LogP contribution in [0.2, 0.25) is 0 Å². The van der Waals surface area contributed by atoms with Crippen LogP contribution in [0.4, 0.5) is 5.13 Å². The fourth-order valence-electron chi connectivity index (χ4n) is 2.29. The summed E-state index contributed by atoms with van der Waals surface area (Å²) in [6.07, 6.45) is 1.67. The van der Waals surface area contributed by atoms with Crippen LogP contribution in [0.15, 0.2) is 74.9 Å². The first-order valence-electron chi connectivity index (χ1n) is 7.89. The summed E-state index contributed by atoms with van der Waals surface area (Å²) in [6, 6.07) is 18.1. The monoisotopic (exact) mass is 441 g/mol. The second-order valence-corrected chi connectivity index (χ2v) is 7.23. The normalized spacial score (nSPS) is 11.1. The Morgan fingerprint density at radius 1 is 1.15 bits per heavy atom. The molecule has 0 saturated carbocycles. The molecule has 6 nitrogen and oxygen atoms in total. The van der Waals surface area contributed by atoms with Crippen LogP contribution in [0, 0.1) is 0 Å². The van der Waals surface area contributed by atoms with E-state index in [9.17, 15) is 4.79 Å². The first kappa shape index (κ1) is 17.4. The van der Waals surface area contributed by atoms with Crippen LogP contribution in [0.1, 0.15) is 16.1 Å². The Kier molecular flexibility index (Phi) is 4.99. The predicted molar refractivity (Wildman–Crippen MR) is 109 cm³/mol. The number of hydrogen-bond acceptors (Lipinski definition) is 7. The molecule has 0 fully saturated rings. The predicted octanol–water partition coefficient (Wildman–Crippen LogP) is 5.32.